The Morgan fingerprint density at radius 3 is 2.85 bits per heavy atom. The molecule has 0 aliphatic rings. The molecule has 1 rings (SSSR count). The van der Waals surface area contributed by atoms with Gasteiger partial charge in [-0.1, -0.05) is 13.3 Å². The molecule has 0 bridgehead atoms. The van der Waals surface area contributed by atoms with Gasteiger partial charge in [-0.25, -0.2) is 0 Å². The summed E-state index contributed by atoms with van der Waals surface area (Å²) in [7, 11) is 0. The lowest BCUT2D eigenvalue weighted by Gasteiger charge is -2.07. The van der Waals surface area contributed by atoms with Crippen LogP contribution in [0.25, 0.3) is 0 Å². The van der Waals surface area contributed by atoms with Crippen molar-refractivity contribution >= 4 is 0 Å². The van der Waals surface area contributed by atoms with Crippen molar-refractivity contribution in [3.8, 4) is 0 Å². The molecule has 0 aromatic carbocycles. The van der Waals surface area contributed by atoms with E-state index in [1.54, 1.807) is 6.92 Å². The third-order valence-corrected chi connectivity index (χ3v) is 2.16. The Hall–Kier alpha value is -0.830. The number of hydrogen-bond donors (Lipinski definition) is 1. The quantitative estimate of drug-likeness (QED) is 0.766. The van der Waals surface area contributed by atoms with E-state index in [-0.39, 0.29) is 6.10 Å². The summed E-state index contributed by atoms with van der Waals surface area (Å²) < 4.78 is 1.87. The summed E-state index contributed by atoms with van der Waals surface area (Å²) in [6, 6.07) is 0. The largest absolute Gasteiger partial charge is 0.391 e. The molecular formula is C10H18N2O. The van der Waals surface area contributed by atoms with Crippen molar-refractivity contribution in [2.24, 2.45) is 0 Å². The monoisotopic (exact) mass is 182 g/mol. The Bertz CT molecular complexity index is 266. The maximum absolute atomic E-state index is 9.21. The van der Waals surface area contributed by atoms with Gasteiger partial charge in [-0.15, -0.1) is 0 Å². The third-order valence-electron chi connectivity index (χ3n) is 2.16. The third kappa shape index (κ3) is 2.56. The molecule has 0 aliphatic heterocycles. The van der Waals surface area contributed by atoms with Crippen molar-refractivity contribution in [2.45, 2.75) is 46.3 Å². The van der Waals surface area contributed by atoms with Gasteiger partial charge in [-0.05, 0) is 25.8 Å². The van der Waals surface area contributed by atoms with Gasteiger partial charge in [0, 0.05) is 5.69 Å². The molecule has 0 amide bonds. The molecule has 3 heteroatoms. The van der Waals surface area contributed by atoms with Gasteiger partial charge in [0.25, 0.3) is 0 Å². The minimum absolute atomic E-state index is 0.326. The predicted octanol–water partition coefficient (Wildman–Crippen LogP) is 1.52. The fourth-order valence-corrected chi connectivity index (χ4v) is 1.43. The zero-order chi connectivity index (χ0) is 9.84. The van der Waals surface area contributed by atoms with Crippen LogP contribution in [0.4, 0.5) is 0 Å². The summed E-state index contributed by atoms with van der Waals surface area (Å²) in [5.41, 5.74) is 2.48. The van der Waals surface area contributed by atoms with Crippen LogP contribution in [0.15, 0.2) is 6.20 Å². The van der Waals surface area contributed by atoms with Gasteiger partial charge in [0.1, 0.15) is 0 Å². The Labute approximate surface area is 79.4 Å². The molecule has 0 radical (unpaired) electrons. The molecule has 1 N–H and O–H groups in total. The second-order valence-corrected chi connectivity index (χ2v) is 3.54. The van der Waals surface area contributed by atoms with E-state index < -0.39 is 0 Å². The first kappa shape index (κ1) is 10.3. The first-order valence-electron chi connectivity index (χ1n) is 4.84. The molecule has 0 aliphatic carbocycles. The lowest BCUT2D eigenvalue weighted by atomic mass is 10.1. The molecule has 0 saturated heterocycles. The Kier molecular flexibility index (Phi) is 3.48. The number of rotatable bonds is 4. The maximum Gasteiger partial charge on any atom is 0.0708 e. The van der Waals surface area contributed by atoms with Crippen LogP contribution >= 0.6 is 0 Å². The Morgan fingerprint density at radius 2 is 2.31 bits per heavy atom. The topological polar surface area (TPSA) is 38.0 Å². The smallest absolute Gasteiger partial charge is 0.0708 e. The normalized spacial score (nSPS) is 13.2. The number of aryl methyl sites for hydroxylation is 1. The van der Waals surface area contributed by atoms with Crippen molar-refractivity contribution in [1.29, 1.82) is 0 Å². The van der Waals surface area contributed by atoms with E-state index >= 15 is 0 Å². The van der Waals surface area contributed by atoms with Crippen molar-refractivity contribution in [2.75, 3.05) is 0 Å². The molecule has 0 fully saturated rings. The van der Waals surface area contributed by atoms with Gasteiger partial charge >= 0.3 is 0 Å². The van der Waals surface area contributed by atoms with Gasteiger partial charge < -0.3 is 5.11 Å². The Morgan fingerprint density at radius 1 is 1.62 bits per heavy atom. The van der Waals surface area contributed by atoms with E-state index in [0.717, 1.165) is 12.8 Å². The minimum Gasteiger partial charge on any atom is -0.391 e. The van der Waals surface area contributed by atoms with Crippen LogP contribution < -0.4 is 0 Å². The molecule has 1 heterocycles. The van der Waals surface area contributed by atoms with E-state index in [1.165, 1.54) is 11.3 Å². The van der Waals surface area contributed by atoms with Gasteiger partial charge in [0.15, 0.2) is 0 Å². The summed E-state index contributed by atoms with van der Waals surface area (Å²) >= 11 is 0. The number of aliphatic hydroxyl groups excluding tert-OH is 1. The zero-order valence-electron chi connectivity index (χ0n) is 8.62. The average molecular weight is 182 g/mol. The fraction of sp³-hybridized carbons (Fsp3) is 0.700. The molecule has 74 valence electrons. The molecule has 0 saturated carbocycles. The van der Waals surface area contributed by atoms with Crippen LogP contribution in [0, 0.1) is 6.92 Å². The lowest BCUT2D eigenvalue weighted by Crippen LogP contribution is -2.14. The minimum atomic E-state index is -0.326. The molecule has 1 atom stereocenters. The van der Waals surface area contributed by atoms with Gasteiger partial charge in [0.05, 0.1) is 18.8 Å². The number of aliphatic hydroxyl groups is 1. The molecule has 0 unspecified atom stereocenters. The summed E-state index contributed by atoms with van der Waals surface area (Å²) in [6.45, 7) is 6.59. The highest BCUT2D eigenvalue weighted by Gasteiger charge is 2.06. The van der Waals surface area contributed by atoms with Crippen LogP contribution in [0.5, 0.6) is 0 Å². The van der Waals surface area contributed by atoms with Crippen LogP contribution in [0.3, 0.4) is 0 Å². The maximum atomic E-state index is 9.21. The van der Waals surface area contributed by atoms with Gasteiger partial charge in [-0.3, -0.25) is 4.68 Å². The summed E-state index contributed by atoms with van der Waals surface area (Å²) in [4.78, 5) is 0. The molecule has 13 heavy (non-hydrogen) atoms. The molecular weight excluding hydrogens is 164 g/mol. The summed E-state index contributed by atoms with van der Waals surface area (Å²) in [5.74, 6) is 0. The van der Waals surface area contributed by atoms with Crippen LogP contribution in [0.2, 0.25) is 0 Å². The van der Waals surface area contributed by atoms with Crippen molar-refractivity contribution in [3.63, 3.8) is 0 Å². The van der Waals surface area contributed by atoms with Gasteiger partial charge in [0.2, 0.25) is 0 Å². The first-order chi connectivity index (χ1) is 6.15. The summed E-state index contributed by atoms with van der Waals surface area (Å²) in [5, 5.41) is 13.4. The fourth-order valence-electron chi connectivity index (χ4n) is 1.43. The van der Waals surface area contributed by atoms with E-state index in [2.05, 4.69) is 18.9 Å². The number of hydrogen-bond acceptors (Lipinski definition) is 2. The van der Waals surface area contributed by atoms with E-state index in [4.69, 9.17) is 0 Å². The van der Waals surface area contributed by atoms with Crippen molar-refractivity contribution in [1.82, 2.24) is 9.78 Å². The number of nitrogens with zero attached hydrogens (tertiary/aromatic N) is 2. The van der Waals surface area contributed by atoms with Gasteiger partial charge in [-0.2, -0.15) is 5.10 Å². The summed E-state index contributed by atoms with van der Waals surface area (Å²) in [6.07, 6.45) is 3.79. The van der Waals surface area contributed by atoms with Crippen LogP contribution in [-0.2, 0) is 13.0 Å². The average Bonchev–Trinajstić information content (AvgIpc) is 2.36. The van der Waals surface area contributed by atoms with Crippen molar-refractivity contribution in [3.05, 3.63) is 17.5 Å². The van der Waals surface area contributed by atoms with Crippen LogP contribution in [-0.4, -0.2) is 21.0 Å². The Balaban J connectivity index is 2.74. The van der Waals surface area contributed by atoms with Crippen LogP contribution in [0.1, 0.15) is 31.5 Å². The highest BCUT2D eigenvalue weighted by molar-refractivity contribution is 5.16. The zero-order valence-corrected chi connectivity index (χ0v) is 8.62. The van der Waals surface area contributed by atoms with E-state index in [0.29, 0.717) is 6.54 Å². The standard InChI is InChI=1S/C10H18N2O/c1-4-5-10-6-11-12(9(10)3)7-8(2)13/h6,8,13H,4-5,7H2,1-3H3/t8-/m1/s1. The van der Waals surface area contributed by atoms with E-state index in [1.807, 2.05) is 10.9 Å². The molecule has 3 nitrogen and oxygen atoms in total. The molecule has 1 aromatic rings. The second kappa shape index (κ2) is 4.42. The predicted molar refractivity (Wildman–Crippen MR) is 52.6 cm³/mol. The second-order valence-electron chi connectivity index (χ2n) is 3.54. The molecule has 0 spiro atoms. The van der Waals surface area contributed by atoms with Crippen molar-refractivity contribution < 1.29 is 5.11 Å². The van der Waals surface area contributed by atoms with E-state index in [9.17, 15) is 5.11 Å². The SMILES string of the molecule is CCCc1cnn(C[C@@H](C)O)c1C. The highest BCUT2D eigenvalue weighted by Crippen LogP contribution is 2.09. The molecule has 1 aromatic heterocycles. The lowest BCUT2D eigenvalue weighted by molar-refractivity contribution is 0.167. The number of aromatic nitrogens is 2. The first-order valence-corrected chi connectivity index (χ1v) is 4.84. The highest BCUT2D eigenvalue weighted by atomic mass is 16.3.